The zero-order chi connectivity index (χ0) is 50.3. The lowest BCUT2D eigenvalue weighted by Gasteiger charge is -2.35. The predicted molar refractivity (Wildman–Crippen MR) is 266 cm³/mol. The maximum atomic E-state index is 16.5. The number of aromatic amines is 2. The predicted octanol–water partition coefficient (Wildman–Crippen LogP) is 8.24. The first-order chi connectivity index (χ1) is 35.5. The number of anilines is 2. The Hall–Kier alpha value is -6.54. The molecule has 18 nitrogen and oxygen atoms in total. The van der Waals surface area contributed by atoms with Crippen molar-refractivity contribution in [2.24, 2.45) is 11.8 Å². The Morgan fingerprint density at radius 2 is 1.03 bits per heavy atom. The minimum Gasteiger partial charge on any atom is -0.465 e. The van der Waals surface area contributed by atoms with Crippen molar-refractivity contribution in [3.05, 3.63) is 82.9 Å². The molecule has 0 saturated carbocycles. The van der Waals surface area contributed by atoms with E-state index in [9.17, 15) is 29.4 Å². The highest BCUT2D eigenvalue weighted by molar-refractivity contribution is 5.87. The molecule has 6 aliphatic heterocycles. The fourth-order valence-corrected chi connectivity index (χ4v) is 12.9. The number of imidazole rings is 2. The Balaban J connectivity index is 0.897. The van der Waals surface area contributed by atoms with Gasteiger partial charge >= 0.3 is 12.2 Å². The summed E-state index contributed by atoms with van der Waals surface area (Å²) in [5.74, 6) is -0.859. The maximum Gasteiger partial charge on any atom is 0.405 e. The number of piperidine rings is 1. The molecule has 2 aromatic heterocycles. The SMILES string of the molecule is O=C(O)NC(C(=O)N1CCC[C@H]1c1nc2ccc([C@H]3CC[C@H](c4ccc5nc([C@@H]6CCCN6C(=O)C(NC(=O)O)C6CCOCC6)[nH]c5c4)N3c3cc(F)c(N4CCCCC4)c(F)c3)cc2[nH]1)C1CCOCC1. The van der Waals surface area contributed by atoms with Crippen molar-refractivity contribution in [3.8, 4) is 0 Å². The molecule has 6 saturated heterocycles. The van der Waals surface area contributed by atoms with E-state index in [4.69, 9.17) is 19.4 Å². The number of H-pyrrole nitrogens is 2. The van der Waals surface area contributed by atoms with Crippen LogP contribution in [0.15, 0.2) is 48.5 Å². The number of benzene rings is 3. The van der Waals surface area contributed by atoms with Crippen LogP contribution >= 0.6 is 0 Å². The van der Waals surface area contributed by atoms with Crippen LogP contribution in [-0.2, 0) is 19.1 Å². The number of halogens is 2. The number of ether oxygens (including phenoxy) is 2. The van der Waals surface area contributed by atoms with Crippen LogP contribution in [0.5, 0.6) is 0 Å². The Morgan fingerprint density at radius 1 is 0.575 bits per heavy atom. The number of carbonyl (C=O) groups excluding carboxylic acids is 2. The lowest BCUT2D eigenvalue weighted by Crippen LogP contribution is -2.52. The number of carboxylic acid groups (broad SMARTS) is 2. The van der Waals surface area contributed by atoms with Crippen molar-refractivity contribution >= 4 is 57.4 Å². The van der Waals surface area contributed by atoms with Crippen LogP contribution in [0.2, 0.25) is 0 Å². The standard InChI is InChI=1S/C53H64F2N10O8/c54-35-28-34(29-36(55)47(35)62-18-2-1-3-19-62)65-41(32-8-10-37-39(26-32)58-48(56-37)43-6-4-20-63(43)50(66)45(60-52(68)69)30-14-22-72-23-15-30)12-13-42(65)33-9-11-38-40(27-33)59-49(57-38)44-7-5-21-64(44)51(67)46(61-53(70)71)31-16-24-73-25-17-31/h8-11,26-31,41-46,60-61H,1-7,12-25H2,(H,56,58)(H,57,59)(H,68,69)(H,70,71)/t41-,42-,43+,44+,45?,46?/m1/s1. The summed E-state index contributed by atoms with van der Waals surface area (Å²) in [4.78, 5) is 76.6. The van der Waals surface area contributed by atoms with Crippen LogP contribution < -0.4 is 20.4 Å². The Bertz CT molecular complexity index is 2680. The molecule has 0 spiro atoms. The highest BCUT2D eigenvalue weighted by Crippen LogP contribution is 2.49. The van der Waals surface area contributed by atoms with E-state index < -0.39 is 35.9 Å². The molecular weight excluding hydrogens is 943 g/mol. The first kappa shape index (κ1) is 48.7. The fraction of sp³-hybridized carbons (Fsp3) is 0.547. The molecule has 0 aliphatic carbocycles. The third-order valence-corrected chi connectivity index (χ3v) is 16.4. The average Bonchev–Trinajstić information content (AvgIpc) is 4.26. The first-order valence-electron chi connectivity index (χ1n) is 26.3. The van der Waals surface area contributed by atoms with Gasteiger partial charge in [-0.05, 0) is 143 Å². The van der Waals surface area contributed by atoms with Crippen LogP contribution in [0.25, 0.3) is 22.1 Å². The molecule has 388 valence electrons. The third-order valence-electron chi connectivity index (χ3n) is 16.4. The van der Waals surface area contributed by atoms with Gasteiger partial charge in [0.15, 0.2) is 11.6 Å². The van der Waals surface area contributed by atoms with Gasteiger partial charge < -0.3 is 59.9 Å². The minimum absolute atomic E-state index is 0.00285. The fourth-order valence-electron chi connectivity index (χ4n) is 12.9. The molecule has 6 aliphatic rings. The monoisotopic (exact) mass is 1010 g/mol. The van der Waals surface area contributed by atoms with Gasteiger partial charge in [0.2, 0.25) is 11.8 Å². The third kappa shape index (κ3) is 9.75. The average molecular weight is 1010 g/mol. The molecule has 2 unspecified atom stereocenters. The van der Waals surface area contributed by atoms with Crippen molar-refractivity contribution in [2.45, 2.75) is 120 Å². The Labute approximate surface area is 421 Å². The zero-order valence-corrected chi connectivity index (χ0v) is 40.9. The number of nitrogens with one attached hydrogen (secondary N) is 4. The summed E-state index contributed by atoms with van der Waals surface area (Å²) >= 11 is 0. The highest BCUT2D eigenvalue weighted by Gasteiger charge is 2.43. The van der Waals surface area contributed by atoms with E-state index in [1.54, 1.807) is 9.80 Å². The lowest BCUT2D eigenvalue weighted by atomic mass is 9.90. The van der Waals surface area contributed by atoms with Gasteiger partial charge in [-0.3, -0.25) is 9.59 Å². The number of amides is 4. The molecule has 4 amide bonds. The largest absolute Gasteiger partial charge is 0.465 e. The summed E-state index contributed by atoms with van der Waals surface area (Å²) < 4.78 is 44.0. The number of rotatable bonds is 12. The molecule has 0 bridgehead atoms. The molecule has 6 fully saturated rings. The molecule has 73 heavy (non-hydrogen) atoms. The summed E-state index contributed by atoms with van der Waals surface area (Å²) in [7, 11) is 0. The second-order valence-electron chi connectivity index (χ2n) is 20.8. The zero-order valence-electron chi connectivity index (χ0n) is 40.9. The molecule has 20 heteroatoms. The van der Waals surface area contributed by atoms with Crippen LogP contribution in [0.4, 0.5) is 29.7 Å². The van der Waals surface area contributed by atoms with E-state index >= 15 is 8.78 Å². The number of hydrogen-bond donors (Lipinski definition) is 6. The van der Waals surface area contributed by atoms with Crippen molar-refractivity contribution in [1.29, 1.82) is 0 Å². The number of carbonyl (C=O) groups is 4. The Kier molecular flexibility index (Phi) is 13.9. The van der Waals surface area contributed by atoms with E-state index in [0.29, 0.717) is 132 Å². The quantitative estimate of drug-likeness (QED) is 0.0696. The molecule has 8 heterocycles. The van der Waals surface area contributed by atoms with E-state index in [2.05, 4.69) is 25.5 Å². The van der Waals surface area contributed by atoms with E-state index in [-0.39, 0.29) is 53.5 Å². The van der Waals surface area contributed by atoms with Gasteiger partial charge in [0.1, 0.15) is 29.4 Å². The van der Waals surface area contributed by atoms with Crippen LogP contribution in [0.1, 0.15) is 130 Å². The molecule has 0 radical (unpaired) electrons. The first-order valence-corrected chi connectivity index (χ1v) is 26.3. The number of likely N-dealkylation sites (tertiary alicyclic amines) is 2. The van der Waals surface area contributed by atoms with Crippen molar-refractivity contribution < 1.29 is 47.6 Å². The van der Waals surface area contributed by atoms with Crippen LogP contribution in [0, 0.1) is 23.5 Å². The summed E-state index contributed by atoms with van der Waals surface area (Å²) in [5.41, 5.74) is 5.17. The van der Waals surface area contributed by atoms with Gasteiger partial charge in [0.25, 0.3) is 0 Å². The molecule has 6 N–H and O–H groups in total. The summed E-state index contributed by atoms with van der Waals surface area (Å²) in [5, 5.41) is 24.5. The maximum absolute atomic E-state index is 16.5. The number of aromatic nitrogens is 4. The second kappa shape index (κ2) is 20.8. The van der Waals surface area contributed by atoms with Gasteiger partial charge in [-0.15, -0.1) is 0 Å². The van der Waals surface area contributed by atoms with E-state index in [0.717, 1.165) is 54.3 Å². The minimum atomic E-state index is -1.24. The normalized spacial score (nSPS) is 24.1. The summed E-state index contributed by atoms with van der Waals surface area (Å²) in [6, 6.07) is 11.8. The summed E-state index contributed by atoms with van der Waals surface area (Å²) in [6.45, 7) is 4.01. The van der Waals surface area contributed by atoms with Crippen molar-refractivity contribution in [1.82, 2.24) is 40.4 Å². The van der Waals surface area contributed by atoms with Gasteiger partial charge in [-0.2, -0.15) is 0 Å². The second-order valence-corrected chi connectivity index (χ2v) is 20.8. The number of fused-ring (bicyclic) bond motifs is 2. The smallest absolute Gasteiger partial charge is 0.405 e. The van der Waals surface area contributed by atoms with E-state index in [1.165, 1.54) is 12.1 Å². The molecule has 6 atom stereocenters. The van der Waals surface area contributed by atoms with Gasteiger partial charge in [-0.1, -0.05) is 12.1 Å². The topological polar surface area (TPSA) is 222 Å². The van der Waals surface area contributed by atoms with Gasteiger partial charge in [0, 0.05) is 58.3 Å². The van der Waals surface area contributed by atoms with E-state index in [1.807, 2.05) is 41.3 Å². The molecule has 3 aromatic carbocycles. The number of hydrogen-bond acceptors (Lipinski definition) is 10. The van der Waals surface area contributed by atoms with Crippen molar-refractivity contribution in [3.63, 3.8) is 0 Å². The van der Waals surface area contributed by atoms with Crippen molar-refractivity contribution in [2.75, 3.05) is 62.4 Å². The number of nitrogens with zero attached hydrogens (tertiary/aromatic N) is 6. The molecular formula is C53H64F2N10O8. The molecule has 5 aromatic rings. The lowest BCUT2D eigenvalue weighted by molar-refractivity contribution is -0.137. The van der Waals surface area contributed by atoms with Gasteiger partial charge in [0.05, 0.1) is 46.2 Å². The Morgan fingerprint density at radius 3 is 1.47 bits per heavy atom. The van der Waals surface area contributed by atoms with Gasteiger partial charge in [-0.25, -0.2) is 28.3 Å². The highest BCUT2D eigenvalue weighted by atomic mass is 19.1. The molecule has 11 rings (SSSR count). The van der Waals surface area contributed by atoms with Crippen LogP contribution in [0.3, 0.4) is 0 Å². The summed E-state index contributed by atoms with van der Waals surface area (Å²) in [6.07, 6.45) is 6.73. The van der Waals surface area contributed by atoms with Crippen LogP contribution in [-0.4, -0.2) is 129 Å².